The molecule has 0 amide bonds. The van der Waals surface area contributed by atoms with Gasteiger partial charge < -0.3 is 10.2 Å². The normalized spacial score (nSPS) is 19.1. The molecule has 0 rings (SSSR count). The van der Waals surface area contributed by atoms with Gasteiger partial charge in [0, 0.05) is 5.92 Å². The molecule has 0 unspecified atom stereocenters. The third-order valence-corrected chi connectivity index (χ3v) is 2.47. The van der Waals surface area contributed by atoms with Crippen LogP contribution in [0.25, 0.3) is 0 Å². The minimum absolute atomic E-state index is 0.123. The molecule has 0 saturated heterocycles. The Morgan fingerprint density at radius 2 is 1.67 bits per heavy atom. The summed E-state index contributed by atoms with van der Waals surface area (Å²) < 4.78 is 0. The molecule has 0 aliphatic rings. The van der Waals surface area contributed by atoms with Gasteiger partial charge in [-0.3, -0.25) is 0 Å². The lowest BCUT2D eigenvalue weighted by molar-refractivity contribution is 0.0686. The lowest BCUT2D eigenvalue weighted by atomic mass is 9.94. The van der Waals surface area contributed by atoms with Crippen LogP contribution in [0.15, 0.2) is 11.6 Å². The van der Waals surface area contributed by atoms with E-state index < -0.39 is 12.2 Å². The second-order valence-corrected chi connectivity index (χ2v) is 5.12. The average Bonchev–Trinajstić information content (AvgIpc) is 2.00. The van der Waals surface area contributed by atoms with Crippen LogP contribution in [0.2, 0.25) is 0 Å². The Morgan fingerprint density at radius 1 is 1.13 bits per heavy atom. The number of hydrogen-bond donors (Lipinski definition) is 2. The fourth-order valence-electron chi connectivity index (χ4n) is 1.84. The van der Waals surface area contributed by atoms with Crippen molar-refractivity contribution in [3.8, 4) is 0 Å². The van der Waals surface area contributed by atoms with Crippen molar-refractivity contribution in [2.24, 2.45) is 11.8 Å². The molecule has 90 valence electrons. The molecule has 3 atom stereocenters. The van der Waals surface area contributed by atoms with Crippen molar-refractivity contribution in [1.29, 1.82) is 0 Å². The first-order valence-electron chi connectivity index (χ1n) is 5.86. The highest BCUT2D eigenvalue weighted by Crippen LogP contribution is 2.17. The van der Waals surface area contributed by atoms with Crippen LogP contribution < -0.4 is 0 Å². The molecule has 0 heterocycles. The summed E-state index contributed by atoms with van der Waals surface area (Å²) in [6.07, 6.45) is 2.78. The Morgan fingerprint density at radius 3 is 2.07 bits per heavy atom. The third kappa shape index (κ3) is 7.57. The zero-order chi connectivity index (χ0) is 12.0. The molecule has 0 aromatic carbocycles. The van der Waals surface area contributed by atoms with Gasteiger partial charge in [-0.2, -0.15) is 0 Å². The predicted molar refractivity (Wildman–Crippen MR) is 64.7 cm³/mol. The van der Waals surface area contributed by atoms with Gasteiger partial charge >= 0.3 is 0 Å². The van der Waals surface area contributed by atoms with Gasteiger partial charge in [-0.15, -0.1) is 0 Å². The molecule has 15 heavy (non-hydrogen) atoms. The van der Waals surface area contributed by atoms with Gasteiger partial charge in [0.1, 0.15) is 0 Å². The van der Waals surface area contributed by atoms with E-state index in [-0.39, 0.29) is 5.92 Å². The third-order valence-electron chi connectivity index (χ3n) is 2.47. The predicted octanol–water partition coefficient (Wildman–Crippen LogP) is 2.75. The van der Waals surface area contributed by atoms with E-state index in [2.05, 4.69) is 26.8 Å². The van der Waals surface area contributed by atoms with Crippen molar-refractivity contribution in [2.75, 3.05) is 0 Å². The van der Waals surface area contributed by atoms with Crippen LogP contribution in [0.3, 0.4) is 0 Å². The molecule has 0 aliphatic heterocycles. The molecule has 0 radical (unpaired) electrons. The second kappa shape index (κ2) is 7.02. The van der Waals surface area contributed by atoms with Gasteiger partial charge in [0.25, 0.3) is 0 Å². The summed E-state index contributed by atoms with van der Waals surface area (Å²) in [5.74, 6) is 0.778. The molecule has 0 spiro atoms. The largest absolute Gasteiger partial charge is 0.393 e. The van der Waals surface area contributed by atoms with E-state index in [9.17, 15) is 10.2 Å². The molecule has 0 aromatic heterocycles. The quantitative estimate of drug-likeness (QED) is 0.667. The molecule has 2 heteroatoms. The summed E-state index contributed by atoms with van der Waals surface area (Å²) in [5.41, 5.74) is 1.32. The Kier molecular flexibility index (Phi) is 6.86. The van der Waals surface area contributed by atoms with Crippen molar-refractivity contribution in [1.82, 2.24) is 0 Å². The van der Waals surface area contributed by atoms with Crippen LogP contribution in [0.4, 0.5) is 0 Å². The van der Waals surface area contributed by atoms with Crippen molar-refractivity contribution in [3.05, 3.63) is 11.6 Å². The SMILES string of the molecule is C/C(=C\[C@@H](C)[C@H](O)C[C@@H](C)O)CC(C)C. The van der Waals surface area contributed by atoms with Crippen LogP contribution >= 0.6 is 0 Å². The first-order chi connectivity index (χ1) is 6.82. The molecule has 0 aromatic rings. The lowest BCUT2D eigenvalue weighted by Crippen LogP contribution is -2.21. The number of hydrogen-bond acceptors (Lipinski definition) is 2. The summed E-state index contributed by atoms with van der Waals surface area (Å²) in [6.45, 7) is 10.2. The average molecular weight is 214 g/mol. The summed E-state index contributed by atoms with van der Waals surface area (Å²) in [5, 5.41) is 18.9. The molecule has 0 bridgehead atoms. The molecule has 0 saturated carbocycles. The maximum atomic E-state index is 9.77. The van der Waals surface area contributed by atoms with E-state index in [1.54, 1.807) is 6.92 Å². The topological polar surface area (TPSA) is 40.5 Å². The minimum Gasteiger partial charge on any atom is -0.393 e. The van der Waals surface area contributed by atoms with Gasteiger partial charge in [0.05, 0.1) is 12.2 Å². The maximum absolute atomic E-state index is 9.77. The summed E-state index contributed by atoms with van der Waals surface area (Å²) in [4.78, 5) is 0. The van der Waals surface area contributed by atoms with Crippen LogP contribution in [0.5, 0.6) is 0 Å². The number of rotatable bonds is 6. The number of allylic oxidation sites excluding steroid dienone is 1. The minimum atomic E-state index is -0.438. The van der Waals surface area contributed by atoms with Crippen LogP contribution in [-0.4, -0.2) is 22.4 Å². The first-order valence-corrected chi connectivity index (χ1v) is 5.86. The van der Waals surface area contributed by atoms with E-state index in [1.807, 2.05) is 6.92 Å². The Hall–Kier alpha value is -0.340. The van der Waals surface area contributed by atoms with Crippen molar-refractivity contribution in [2.45, 2.75) is 59.7 Å². The molecular weight excluding hydrogens is 188 g/mol. The fourth-order valence-corrected chi connectivity index (χ4v) is 1.84. The molecule has 0 fully saturated rings. The van der Waals surface area contributed by atoms with Crippen molar-refractivity contribution < 1.29 is 10.2 Å². The number of aliphatic hydroxyl groups excluding tert-OH is 2. The van der Waals surface area contributed by atoms with Gasteiger partial charge in [0.2, 0.25) is 0 Å². The smallest absolute Gasteiger partial charge is 0.0624 e. The molecule has 2 N–H and O–H groups in total. The maximum Gasteiger partial charge on any atom is 0.0624 e. The highest BCUT2D eigenvalue weighted by atomic mass is 16.3. The second-order valence-electron chi connectivity index (χ2n) is 5.12. The molecule has 0 aliphatic carbocycles. The zero-order valence-electron chi connectivity index (χ0n) is 10.7. The molecular formula is C13H26O2. The Bertz CT molecular complexity index is 195. The number of aliphatic hydroxyl groups is 2. The van der Waals surface area contributed by atoms with E-state index in [1.165, 1.54) is 5.57 Å². The summed E-state index contributed by atoms with van der Waals surface area (Å²) in [6, 6.07) is 0. The highest BCUT2D eigenvalue weighted by molar-refractivity contribution is 5.02. The molecule has 2 nitrogen and oxygen atoms in total. The van der Waals surface area contributed by atoms with Gasteiger partial charge in [-0.25, -0.2) is 0 Å². The fraction of sp³-hybridized carbons (Fsp3) is 0.846. The summed E-state index contributed by atoms with van der Waals surface area (Å²) in [7, 11) is 0. The monoisotopic (exact) mass is 214 g/mol. The van der Waals surface area contributed by atoms with Gasteiger partial charge in [-0.05, 0) is 32.6 Å². The standard InChI is InChI=1S/C13H26O2/c1-9(2)6-10(3)7-11(4)13(15)8-12(5)14/h7,9,11-15H,6,8H2,1-5H3/b10-7+/t11-,12-,13-/m1/s1. The Labute approximate surface area is 94.0 Å². The van der Waals surface area contributed by atoms with Crippen LogP contribution in [0, 0.1) is 11.8 Å². The van der Waals surface area contributed by atoms with Gasteiger partial charge in [-0.1, -0.05) is 32.4 Å². The van der Waals surface area contributed by atoms with Crippen molar-refractivity contribution in [3.63, 3.8) is 0 Å². The van der Waals surface area contributed by atoms with E-state index >= 15 is 0 Å². The Balaban J connectivity index is 4.14. The van der Waals surface area contributed by atoms with Crippen LogP contribution in [-0.2, 0) is 0 Å². The zero-order valence-corrected chi connectivity index (χ0v) is 10.7. The highest BCUT2D eigenvalue weighted by Gasteiger charge is 2.14. The van der Waals surface area contributed by atoms with Gasteiger partial charge in [0.15, 0.2) is 0 Å². The van der Waals surface area contributed by atoms with Crippen molar-refractivity contribution >= 4 is 0 Å². The summed E-state index contributed by atoms with van der Waals surface area (Å²) >= 11 is 0. The van der Waals surface area contributed by atoms with E-state index in [0.717, 1.165) is 6.42 Å². The first kappa shape index (κ1) is 14.7. The van der Waals surface area contributed by atoms with E-state index in [0.29, 0.717) is 12.3 Å². The van der Waals surface area contributed by atoms with Crippen LogP contribution in [0.1, 0.15) is 47.5 Å². The lowest BCUT2D eigenvalue weighted by Gasteiger charge is -2.18. The van der Waals surface area contributed by atoms with E-state index in [4.69, 9.17) is 0 Å².